The van der Waals surface area contributed by atoms with Crippen LogP contribution in [-0.2, 0) is 4.79 Å². The molecule has 2 aliphatic rings. The van der Waals surface area contributed by atoms with E-state index in [-0.39, 0.29) is 23.6 Å². The van der Waals surface area contributed by atoms with Crippen molar-refractivity contribution in [3.05, 3.63) is 59.4 Å². The van der Waals surface area contributed by atoms with E-state index in [2.05, 4.69) is 10.2 Å². The average Bonchev–Trinajstić information content (AvgIpc) is 3.27. The number of hydrogen-bond donors (Lipinski definition) is 2. The Hall–Kier alpha value is -2.89. The molecule has 6 heteroatoms. The number of primary amides is 1. The van der Waals surface area contributed by atoms with Crippen molar-refractivity contribution in [2.24, 2.45) is 11.7 Å². The molecule has 140 valence electrons. The van der Waals surface area contributed by atoms with E-state index in [0.717, 1.165) is 43.6 Å². The van der Waals surface area contributed by atoms with Crippen molar-refractivity contribution in [1.29, 1.82) is 0 Å². The molecule has 2 atom stereocenters. The van der Waals surface area contributed by atoms with Gasteiger partial charge in [-0.3, -0.25) is 9.59 Å². The highest BCUT2D eigenvalue weighted by Crippen LogP contribution is 2.48. The third kappa shape index (κ3) is 3.65. The maximum absolute atomic E-state index is 13.1. The highest BCUT2D eigenvalue weighted by Gasteiger charge is 2.44. The van der Waals surface area contributed by atoms with E-state index < -0.39 is 5.91 Å². The van der Waals surface area contributed by atoms with Gasteiger partial charge in [0.15, 0.2) is 0 Å². The molecule has 2 aromatic carbocycles. The molecule has 4 rings (SSSR count). The lowest BCUT2D eigenvalue weighted by molar-refractivity contribution is -0.117. The molecule has 1 heterocycles. The molecule has 0 radical (unpaired) electrons. The first kappa shape index (κ1) is 17.5. The summed E-state index contributed by atoms with van der Waals surface area (Å²) in [5, 5.41) is 2.99. The highest BCUT2D eigenvalue weighted by molar-refractivity contribution is 6.01. The van der Waals surface area contributed by atoms with Crippen LogP contribution in [0.4, 0.5) is 15.8 Å². The molecule has 0 bridgehead atoms. The van der Waals surface area contributed by atoms with Gasteiger partial charge in [-0.05, 0) is 61.1 Å². The molecule has 0 spiro atoms. The summed E-state index contributed by atoms with van der Waals surface area (Å²) >= 11 is 0. The molecule has 1 saturated heterocycles. The van der Waals surface area contributed by atoms with Crippen LogP contribution >= 0.6 is 0 Å². The minimum atomic E-state index is -0.519. The normalized spacial score (nSPS) is 21.1. The molecule has 1 aliphatic carbocycles. The molecule has 1 aliphatic heterocycles. The molecule has 3 N–H and O–H groups in total. The Balaban J connectivity index is 1.52. The number of hydrogen-bond acceptors (Lipinski definition) is 3. The lowest BCUT2D eigenvalue weighted by Gasteiger charge is -2.22. The van der Waals surface area contributed by atoms with Crippen LogP contribution in [-0.4, -0.2) is 24.9 Å². The number of carbonyl (C=O) groups excluding carboxylic acids is 2. The molecule has 0 aromatic heterocycles. The molecule has 2 amide bonds. The van der Waals surface area contributed by atoms with Gasteiger partial charge in [-0.1, -0.05) is 12.1 Å². The zero-order valence-electron chi connectivity index (χ0n) is 15.0. The maximum Gasteiger partial charge on any atom is 0.248 e. The second kappa shape index (κ2) is 7.02. The summed E-state index contributed by atoms with van der Waals surface area (Å²) in [6, 6.07) is 11.5. The van der Waals surface area contributed by atoms with Crippen LogP contribution < -0.4 is 16.0 Å². The van der Waals surface area contributed by atoms with E-state index in [1.807, 2.05) is 6.07 Å². The zero-order valence-corrected chi connectivity index (χ0v) is 15.0. The summed E-state index contributed by atoms with van der Waals surface area (Å²) in [6.07, 6.45) is 2.96. The Bertz CT molecular complexity index is 875. The Morgan fingerprint density at radius 2 is 1.78 bits per heavy atom. The maximum atomic E-state index is 13.1. The van der Waals surface area contributed by atoms with Gasteiger partial charge in [-0.15, -0.1) is 0 Å². The number of rotatable bonds is 5. The summed E-state index contributed by atoms with van der Waals surface area (Å²) in [4.78, 5) is 26.5. The Kier molecular flexibility index (Phi) is 4.56. The second-order valence-electron chi connectivity index (χ2n) is 7.28. The van der Waals surface area contributed by atoms with E-state index in [9.17, 15) is 14.0 Å². The van der Waals surface area contributed by atoms with Crippen LogP contribution in [0.25, 0.3) is 0 Å². The third-order valence-electron chi connectivity index (χ3n) is 5.41. The first-order valence-electron chi connectivity index (χ1n) is 9.28. The Morgan fingerprint density at radius 3 is 2.44 bits per heavy atom. The van der Waals surface area contributed by atoms with E-state index in [4.69, 9.17) is 5.73 Å². The molecular formula is C21H22FN3O2. The Labute approximate surface area is 157 Å². The molecule has 2 aromatic rings. The molecular weight excluding hydrogens is 345 g/mol. The fourth-order valence-corrected chi connectivity index (χ4v) is 3.81. The minimum Gasteiger partial charge on any atom is -0.370 e. The van der Waals surface area contributed by atoms with Gasteiger partial charge >= 0.3 is 0 Å². The van der Waals surface area contributed by atoms with Crippen molar-refractivity contribution < 1.29 is 14.0 Å². The fraction of sp³-hybridized carbons (Fsp3) is 0.333. The van der Waals surface area contributed by atoms with Crippen molar-refractivity contribution in [3.8, 4) is 0 Å². The average molecular weight is 367 g/mol. The fourth-order valence-electron chi connectivity index (χ4n) is 3.81. The molecule has 27 heavy (non-hydrogen) atoms. The van der Waals surface area contributed by atoms with Crippen molar-refractivity contribution in [2.45, 2.75) is 25.2 Å². The first-order valence-corrected chi connectivity index (χ1v) is 9.28. The van der Waals surface area contributed by atoms with E-state index >= 15 is 0 Å². The summed E-state index contributed by atoms with van der Waals surface area (Å²) in [5.41, 5.74) is 8.30. The number of nitrogens with one attached hydrogen (secondary N) is 1. The highest BCUT2D eigenvalue weighted by atomic mass is 19.1. The summed E-state index contributed by atoms with van der Waals surface area (Å²) in [5.74, 6) is -0.904. The zero-order chi connectivity index (χ0) is 19.0. The van der Waals surface area contributed by atoms with Crippen molar-refractivity contribution in [1.82, 2.24) is 0 Å². The summed E-state index contributed by atoms with van der Waals surface area (Å²) in [7, 11) is 0. The number of benzene rings is 2. The van der Waals surface area contributed by atoms with Gasteiger partial charge in [0.1, 0.15) is 5.82 Å². The van der Waals surface area contributed by atoms with Crippen LogP contribution in [0, 0.1) is 11.7 Å². The topological polar surface area (TPSA) is 75.4 Å². The largest absolute Gasteiger partial charge is 0.370 e. The van der Waals surface area contributed by atoms with Gasteiger partial charge in [0, 0.05) is 24.6 Å². The smallest absolute Gasteiger partial charge is 0.248 e. The van der Waals surface area contributed by atoms with Crippen LogP contribution in [0.15, 0.2) is 42.5 Å². The molecule has 1 saturated carbocycles. The van der Waals surface area contributed by atoms with Gasteiger partial charge in [0.2, 0.25) is 11.8 Å². The van der Waals surface area contributed by atoms with E-state index in [1.54, 1.807) is 24.3 Å². The summed E-state index contributed by atoms with van der Waals surface area (Å²) in [6.45, 7) is 1.86. The van der Waals surface area contributed by atoms with Crippen LogP contribution in [0.1, 0.15) is 41.1 Å². The van der Waals surface area contributed by atoms with E-state index in [0.29, 0.717) is 11.3 Å². The van der Waals surface area contributed by atoms with Gasteiger partial charge in [-0.25, -0.2) is 4.39 Å². The molecule has 5 nitrogen and oxygen atoms in total. The van der Waals surface area contributed by atoms with Crippen molar-refractivity contribution in [3.63, 3.8) is 0 Å². The van der Waals surface area contributed by atoms with Crippen LogP contribution in [0.3, 0.4) is 0 Å². The van der Waals surface area contributed by atoms with Gasteiger partial charge in [0.05, 0.1) is 11.4 Å². The second-order valence-corrected chi connectivity index (χ2v) is 7.28. The lowest BCUT2D eigenvalue weighted by Crippen LogP contribution is -2.23. The standard InChI is InChI=1S/C21H22FN3O2/c22-15-6-3-13(4-7-15)16-12-17(16)21(27)24-18-11-14(20(23)26)5-8-19(18)25-9-1-2-10-25/h3-8,11,16-17H,1-2,9-10,12H2,(H2,23,26)(H,24,27)/t16-,17-/m1/s1. The first-order chi connectivity index (χ1) is 13.0. The van der Waals surface area contributed by atoms with Gasteiger partial charge in [-0.2, -0.15) is 0 Å². The quantitative estimate of drug-likeness (QED) is 0.852. The number of nitrogens with two attached hydrogens (primary N) is 1. The van der Waals surface area contributed by atoms with Gasteiger partial charge in [0.25, 0.3) is 0 Å². The SMILES string of the molecule is NC(=O)c1ccc(N2CCCC2)c(NC(=O)[C@@H]2C[C@@H]2c2ccc(F)cc2)c1. The monoisotopic (exact) mass is 367 g/mol. The van der Waals surface area contributed by atoms with Crippen LogP contribution in [0.2, 0.25) is 0 Å². The summed E-state index contributed by atoms with van der Waals surface area (Å²) < 4.78 is 13.1. The number of carbonyl (C=O) groups is 2. The predicted octanol–water partition coefficient (Wildman–Crippen LogP) is 3.27. The molecule has 2 fully saturated rings. The number of amides is 2. The van der Waals surface area contributed by atoms with Crippen molar-refractivity contribution in [2.75, 3.05) is 23.3 Å². The lowest BCUT2D eigenvalue weighted by atomic mass is 10.1. The number of anilines is 2. The Morgan fingerprint density at radius 1 is 1.07 bits per heavy atom. The van der Waals surface area contributed by atoms with Crippen LogP contribution in [0.5, 0.6) is 0 Å². The van der Waals surface area contributed by atoms with Gasteiger partial charge < -0.3 is 16.0 Å². The third-order valence-corrected chi connectivity index (χ3v) is 5.41. The predicted molar refractivity (Wildman–Crippen MR) is 102 cm³/mol. The minimum absolute atomic E-state index is 0.0774. The number of halogens is 1. The van der Waals surface area contributed by atoms with Crippen molar-refractivity contribution >= 4 is 23.2 Å². The molecule has 0 unspecified atom stereocenters. The van der Waals surface area contributed by atoms with E-state index in [1.165, 1.54) is 12.1 Å². The number of nitrogens with zero attached hydrogens (tertiary/aromatic N) is 1.